The molecule has 8 heteroatoms. The predicted molar refractivity (Wildman–Crippen MR) is 90.8 cm³/mol. The molecule has 0 unspecified atom stereocenters. The van der Waals surface area contributed by atoms with Gasteiger partial charge >= 0.3 is 0 Å². The van der Waals surface area contributed by atoms with Crippen molar-refractivity contribution in [3.05, 3.63) is 64.4 Å². The molecule has 0 saturated heterocycles. The van der Waals surface area contributed by atoms with Gasteiger partial charge in [-0.15, -0.1) is 0 Å². The summed E-state index contributed by atoms with van der Waals surface area (Å²) in [6.45, 7) is 0. The number of nitrogens with zero attached hydrogens (tertiary/aromatic N) is 2. The zero-order valence-electron chi connectivity index (χ0n) is 13.3. The molecule has 2 aromatic carbocycles. The van der Waals surface area contributed by atoms with Crippen LogP contribution in [-0.2, 0) is 10.2 Å². The molecule has 4 rings (SSSR count). The van der Waals surface area contributed by atoms with Crippen LogP contribution in [0.1, 0.15) is 24.2 Å². The maximum Gasteiger partial charge on any atom is 0.257 e. The Labute approximate surface area is 152 Å². The molecule has 1 saturated carbocycles. The normalized spacial score (nSPS) is 14.9. The summed E-state index contributed by atoms with van der Waals surface area (Å²) in [6, 6.07) is 8.97. The average Bonchev–Trinajstić information content (AvgIpc) is 3.23. The second-order valence-electron chi connectivity index (χ2n) is 6.09. The van der Waals surface area contributed by atoms with Crippen molar-refractivity contribution in [2.75, 3.05) is 5.32 Å². The molecule has 1 aliphatic rings. The van der Waals surface area contributed by atoms with Gasteiger partial charge in [0.1, 0.15) is 11.6 Å². The van der Waals surface area contributed by atoms with Crippen molar-refractivity contribution in [3.63, 3.8) is 0 Å². The Morgan fingerprint density at radius 1 is 1.15 bits per heavy atom. The number of amides is 1. The largest absolute Gasteiger partial charge is 0.334 e. The van der Waals surface area contributed by atoms with Crippen LogP contribution in [-0.4, -0.2) is 16.6 Å². The first-order valence-corrected chi connectivity index (χ1v) is 8.21. The molecular formula is C18H12ClF2N3O2. The maximum atomic E-state index is 14.5. The SMILES string of the molecule is O=CNc1cc(F)c(C2(c3noc(-c4ccc(Cl)cc4)n3)CC2)c(F)c1. The minimum absolute atomic E-state index is 0.0458. The topological polar surface area (TPSA) is 68.0 Å². The molecular weight excluding hydrogens is 364 g/mol. The number of carbonyl (C=O) groups excluding carboxylic acids is 1. The Morgan fingerprint density at radius 3 is 2.38 bits per heavy atom. The van der Waals surface area contributed by atoms with Gasteiger partial charge in [-0.1, -0.05) is 16.8 Å². The molecule has 1 N–H and O–H groups in total. The van der Waals surface area contributed by atoms with Gasteiger partial charge in [0.2, 0.25) is 6.41 Å². The van der Waals surface area contributed by atoms with Gasteiger partial charge in [0.15, 0.2) is 5.82 Å². The molecule has 0 bridgehead atoms. The van der Waals surface area contributed by atoms with Crippen LogP contribution in [0, 0.1) is 11.6 Å². The van der Waals surface area contributed by atoms with E-state index in [1.54, 1.807) is 24.3 Å². The zero-order chi connectivity index (χ0) is 18.3. The molecule has 0 aliphatic heterocycles. The second-order valence-corrected chi connectivity index (χ2v) is 6.53. The third kappa shape index (κ3) is 2.74. The number of aromatic nitrogens is 2. The Morgan fingerprint density at radius 2 is 1.81 bits per heavy atom. The summed E-state index contributed by atoms with van der Waals surface area (Å²) < 4.78 is 34.3. The maximum absolute atomic E-state index is 14.5. The van der Waals surface area contributed by atoms with Gasteiger partial charge in [-0.2, -0.15) is 4.98 Å². The van der Waals surface area contributed by atoms with E-state index < -0.39 is 17.0 Å². The molecule has 0 spiro atoms. The highest BCUT2D eigenvalue weighted by Gasteiger charge is 2.53. The number of hydrogen-bond donors (Lipinski definition) is 1. The third-order valence-electron chi connectivity index (χ3n) is 4.44. The molecule has 132 valence electrons. The second kappa shape index (κ2) is 6.17. The molecule has 0 atom stereocenters. The Bertz CT molecular complexity index is 961. The first-order chi connectivity index (χ1) is 12.5. The summed E-state index contributed by atoms with van der Waals surface area (Å²) in [5, 5.41) is 6.75. The van der Waals surface area contributed by atoms with Crippen LogP contribution in [0.15, 0.2) is 40.9 Å². The number of benzene rings is 2. The predicted octanol–water partition coefficient (Wildman–Crippen LogP) is 4.32. The van der Waals surface area contributed by atoms with Crippen molar-refractivity contribution in [2.45, 2.75) is 18.3 Å². The Hall–Kier alpha value is -2.80. The van der Waals surface area contributed by atoms with Crippen LogP contribution in [0.4, 0.5) is 14.5 Å². The molecule has 1 fully saturated rings. The van der Waals surface area contributed by atoms with Gasteiger partial charge in [0.05, 0.1) is 5.41 Å². The number of carbonyl (C=O) groups is 1. The first-order valence-electron chi connectivity index (χ1n) is 7.83. The smallest absolute Gasteiger partial charge is 0.257 e. The van der Waals surface area contributed by atoms with E-state index >= 15 is 0 Å². The Balaban J connectivity index is 1.72. The fourth-order valence-electron chi connectivity index (χ4n) is 3.02. The van der Waals surface area contributed by atoms with E-state index in [0.29, 0.717) is 29.8 Å². The van der Waals surface area contributed by atoms with Crippen molar-refractivity contribution in [1.82, 2.24) is 10.1 Å². The lowest BCUT2D eigenvalue weighted by Crippen LogP contribution is -2.16. The Kier molecular flexibility index (Phi) is 3.96. The monoisotopic (exact) mass is 375 g/mol. The molecule has 3 aromatic rings. The van der Waals surface area contributed by atoms with Crippen LogP contribution < -0.4 is 5.32 Å². The number of anilines is 1. The van der Waals surface area contributed by atoms with Gasteiger partial charge in [0, 0.05) is 21.8 Å². The highest BCUT2D eigenvalue weighted by molar-refractivity contribution is 6.30. The summed E-state index contributed by atoms with van der Waals surface area (Å²) in [5.74, 6) is -1.03. The van der Waals surface area contributed by atoms with Crippen molar-refractivity contribution in [3.8, 4) is 11.5 Å². The summed E-state index contributed by atoms with van der Waals surface area (Å²) in [5.41, 5.74) is -0.362. The van der Waals surface area contributed by atoms with Crippen LogP contribution in [0.2, 0.25) is 5.02 Å². The summed E-state index contributed by atoms with van der Waals surface area (Å²) in [4.78, 5) is 14.8. The van der Waals surface area contributed by atoms with E-state index in [1.165, 1.54) is 0 Å². The van der Waals surface area contributed by atoms with Gasteiger partial charge < -0.3 is 9.84 Å². The lowest BCUT2D eigenvalue weighted by molar-refractivity contribution is -0.105. The van der Waals surface area contributed by atoms with Crippen molar-refractivity contribution in [2.24, 2.45) is 0 Å². The fourth-order valence-corrected chi connectivity index (χ4v) is 3.15. The van der Waals surface area contributed by atoms with Crippen LogP contribution >= 0.6 is 11.6 Å². The van der Waals surface area contributed by atoms with Crippen LogP contribution in [0.5, 0.6) is 0 Å². The number of halogens is 3. The van der Waals surface area contributed by atoms with Crippen molar-refractivity contribution < 1.29 is 18.1 Å². The van der Waals surface area contributed by atoms with Crippen molar-refractivity contribution in [1.29, 1.82) is 0 Å². The van der Waals surface area contributed by atoms with Crippen LogP contribution in [0.3, 0.4) is 0 Å². The standard InChI is InChI=1S/C18H12ClF2N3O2/c19-11-3-1-10(2-4-11)16-23-17(24-26-16)18(5-6-18)15-13(20)7-12(22-9-25)8-14(15)21/h1-4,7-9H,5-6H2,(H,22,25). The minimum Gasteiger partial charge on any atom is -0.334 e. The quantitative estimate of drug-likeness (QED) is 0.674. The molecule has 5 nitrogen and oxygen atoms in total. The van der Waals surface area contributed by atoms with Gasteiger partial charge in [-0.05, 0) is 49.2 Å². The number of nitrogens with one attached hydrogen (secondary N) is 1. The minimum atomic E-state index is -0.956. The highest BCUT2D eigenvalue weighted by atomic mass is 35.5. The summed E-state index contributed by atoms with van der Waals surface area (Å²) >= 11 is 5.86. The lowest BCUT2D eigenvalue weighted by atomic mass is 9.93. The van der Waals surface area contributed by atoms with E-state index in [1.807, 2.05) is 0 Å². The van der Waals surface area contributed by atoms with Crippen LogP contribution in [0.25, 0.3) is 11.5 Å². The average molecular weight is 376 g/mol. The third-order valence-corrected chi connectivity index (χ3v) is 4.69. The molecule has 1 aliphatic carbocycles. The molecule has 1 amide bonds. The highest BCUT2D eigenvalue weighted by Crippen LogP contribution is 2.54. The molecule has 26 heavy (non-hydrogen) atoms. The zero-order valence-corrected chi connectivity index (χ0v) is 14.1. The van der Waals surface area contributed by atoms with E-state index in [4.69, 9.17) is 16.1 Å². The van der Waals surface area contributed by atoms with Gasteiger partial charge in [-0.25, -0.2) is 8.78 Å². The number of rotatable bonds is 5. The van der Waals surface area contributed by atoms with E-state index in [0.717, 1.165) is 12.1 Å². The summed E-state index contributed by atoms with van der Waals surface area (Å²) in [7, 11) is 0. The molecule has 1 aromatic heterocycles. The summed E-state index contributed by atoms with van der Waals surface area (Å²) in [6.07, 6.45) is 1.36. The first kappa shape index (κ1) is 16.7. The van der Waals surface area contributed by atoms with E-state index in [-0.39, 0.29) is 23.0 Å². The van der Waals surface area contributed by atoms with E-state index in [9.17, 15) is 13.6 Å². The molecule has 0 radical (unpaired) electrons. The van der Waals surface area contributed by atoms with Crippen molar-refractivity contribution >= 4 is 23.7 Å². The van der Waals surface area contributed by atoms with Gasteiger partial charge in [-0.3, -0.25) is 4.79 Å². The molecule has 1 heterocycles. The lowest BCUT2D eigenvalue weighted by Gasteiger charge is -2.14. The van der Waals surface area contributed by atoms with Gasteiger partial charge in [0.25, 0.3) is 5.89 Å². The van der Waals surface area contributed by atoms with E-state index in [2.05, 4.69) is 15.5 Å². The number of hydrogen-bond acceptors (Lipinski definition) is 4. The fraction of sp³-hybridized carbons (Fsp3) is 0.167.